The Kier molecular flexibility index (Phi) is 4.28. The molecule has 2 aliphatic heterocycles. The summed E-state index contributed by atoms with van der Waals surface area (Å²) in [6.07, 6.45) is 0. The highest BCUT2D eigenvalue weighted by Crippen LogP contribution is 2.51. The zero-order valence-corrected chi connectivity index (χ0v) is 14.6. The number of likely N-dealkylation sites (tertiary alicyclic amines) is 1. The summed E-state index contributed by atoms with van der Waals surface area (Å²) in [6.45, 7) is 5.36. The van der Waals surface area contributed by atoms with Crippen molar-refractivity contribution < 1.29 is 10.2 Å². The average molecular weight is 338 g/mol. The fourth-order valence-corrected chi connectivity index (χ4v) is 4.82. The van der Waals surface area contributed by atoms with Gasteiger partial charge in [-0.2, -0.15) is 0 Å². The zero-order valence-electron chi connectivity index (χ0n) is 14.6. The largest absolute Gasteiger partial charge is 0.508 e. The van der Waals surface area contributed by atoms with Crippen molar-refractivity contribution in [2.75, 3.05) is 26.2 Å². The summed E-state index contributed by atoms with van der Waals surface area (Å²) >= 11 is 0. The summed E-state index contributed by atoms with van der Waals surface area (Å²) < 4.78 is 0. The highest BCUT2D eigenvalue weighted by atomic mass is 16.3. The predicted molar refractivity (Wildman–Crippen MR) is 98.3 cm³/mol. The van der Waals surface area contributed by atoms with Crippen molar-refractivity contribution in [3.05, 3.63) is 65.7 Å². The molecule has 2 heterocycles. The van der Waals surface area contributed by atoms with E-state index in [-0.39, 0.29) is 18.4 Å². The SMILES string of the molecule is CCN1C[C@H]2[C@@H](C1)[C@](CO)(c1ccccc1)N[C@H]2c1ccc(O)cc1. The molecule has 4 nitrogen and oxygen atoms in total. The lowest BCUT2D eigenvalue weighted by Crippen LogP contribution is -2.48. The summed E-state index contributed by atoms with van der Waals surface area (Å²) in [5.41, 5.74) is 1.92. The maximum absolute atomic E-state index is 10.5. The van der Waals surface area contributed by atoms with Crippen molar-refractivity contribution in [1.82, 2.24) is 10.2 Å². The highest BCUT2D eigenvalue weighted by Gasteiger charge is 2.57. The molecular formula is C21H26N2O2. The second kappa shape index (κ2) is 6.45. The molecule has 3 N–H and O–H groups in total. The fraction of sp³-hybridized carbons (Fsp3) is 0.429. The number of phenolic OH excluding ortho intramolecular Hbond substituents is 1. The topological polar surface area (TPSA) is 55.7 Å². The monoisotopic (exact) mass is 338 g/mol. The number of nitrogens with zero attached hydrogens (tertiary/aromatic N) is 1. The van der Waals surface area contributed by atoms with Gasteiger partial charge in [-0.15, -0.1) is 0 Å². The first-order valence-corrected chi connectivity index (χ1v) is 9.13. The molecule has 0 aromatic heterocycles. The molecule has 132 valence electrons. The van der Waals surface area contributed by atoms with Gasteiger partial charge in [0.25, 0.3) is 0 Å². The van der Waals surface area contributed by atoms with E-state index in [1.807, 2.05) is 30.3 Å². The lowest BCUT2D eigenvalue weighted by Gasteiger charge is -2.35. The van der Waals surface area contributed by atoms with Crippen LogP contribution in [-0.4, -0.2) is 41.4 Å². The van der Waals surface area contributed by atoms with E-state index >= 15 is 0 Å². The van der Waals surface area contributed by atoms with Crippen LogP contribution in [0.4, 0.5) is 0 Å². The number of rotatable bonds is 4. The van der Waals surface area contributed by atoms with Crippen molar-refractivity contribution in [2.24, 2.45) is 11.8 Å². The van der Waals surface area contributed by atoms with Gasteiger partial charge in [0, 0.05) is 25.0 Å². The molecule has 0 radical (unpaired) electrons. The maximum Gasteiger partial charge on any atom is 0.115 e. The van der Waals surface area contributed by atoms with Crippen LogP contribution in [0, 0.1) is 11.8 Å². The zero-order chi connectivity index (χ0) is 17.4. The van der Waals surface area contributed by atoms with Gasteiger partial charge in [-0.1, -0.05) is 49.4 Å². The highest BCUT2D eigenvalue weighted by molar-refractivity contribution is 5.35. The molecule has 2 aromatic rings. The number of hydrogen-bond acceptors (Lipinski definition) is 4. The van der Waals surface area contributed by atoms with E-state index in [1.54, 1.807) is 12.1 Å². The van der Waals surface area contributed by atoms with Crippen LogP contribution in [0.5, 0.6) is 5.75 Å². The lowest BCUT2D eigenvalue weighted by atomic mass is 9.76. The molecule has 2 aliphatic rings. The molecule has 2 saturated heterocycles. The predicted octanol–water partition coefficient (Wildman–Crippen LogP) is 2.49. The third-order valence-corrected chi connectivity index (χ3v) is 6.15. The number of aliphatic hydroxyl groups excluding tert-OH is 1. The van der Waals surface area contributed by atoms with Crippen LogP contribution in [0.25, 0.3) is 0 Å². The maximum atomic E-state index is 10.5. The molecule has 4 heteroatoms. The van der Waals surface area contributed by atoms with E-state index in [0.29, 0.717) is 11.8 Å². The molecule has 25 heavy (non-hydrogen) atoms. The number of aromatic hydroxyl groups is 1. The van der Waals surface area contributed by atoms with Gasteiger partial charge >= 0.3 is 0 Å². The van der Waals surface area contributed by atoms with Crippen molar-refractivity contribution in [3.8, 4) is 5.75 Å². The van der Waals surface area contributed by atoms with E-state index < -0.39 is 5.54 Å². The minimum atomic E-state index is -0.418. The first-order valence-electron chi connectivity index (χ1n) is 9.13. The molecule has 4 atom stereocenters. The number of aliphatic hydroxyl groups is 1. The van der Waals surface area contributed by atoms with Crippen molar-refractivity contribution in [2.45, 2.75) is 18.5 Å². The van der Waals surface area contributed by atoms with Crippen LogP contribution in [0.2, 0.25) is 0 Å². The number of nitrogens with one attached hydrogen (secondary N) is 1. The minimum absolute atomic E-state index is 0.0876. The Balaban J connectivity index is 1.77. The van der Waals surface area contributed by atoms with Gasteiger partial charge in [0.15, 0.2) is 0 Å². The van der Waals surface area contributed by atoms with E-state index in [9.17, 15) is 10.2 Å². The number of fused-ring (bicyclic) bond motifs is 1. The Morgan fingerprint density at radius 1 is 1.08 bits per heavy atom. The summed E-state index contributed by atoms with van der Waals surface area (Å²) in [4.78, 5) is 2.48. The van der Waals surface area contributed by atoms with Crippen LogP contribution >= 0.6 is 0 Å². The third-order valence-electron chi connectivity index (χ3n) is 6.15. The van der Waals surface area contributed by atoms with Crippen LogP contribution < -0.4 is 5.32 Å². The van der Waals surface area contributed by atoms with E-state index in [2.05, 4.69) is 29.3 Å². The van der Waals surface area contributed by atoms with Crippen LogP contribution in [0.3, 0.4) is 0 Å². The Bertz CT molecular complexity index is 718. The van der Waals surface area contributed by atoms with Gasteiger partial charge in [-0.25, -0.2) is 0 Å². The smallest absolute Gasteiger partial charge is 0.115 e. The fourth-order valence-electron chi connectivity index (χ4n) is 4.82. The van der Waals surface area contributed by atoms with Crippen LogP contribution in [0.15, 0.2) is 54.6 Å². The Morgan fingerprint density at radius 2 is 1.80 bits per heavy atom. The van der Waals surface area contributed by atoms with Gasteiger partial charge in [0.1, 0.15) is 5.75 Å². The normalized spacial score (nSPS) is 32.0. The summed E-state index contributed by atoms with van der Waals surface area (Å²) in [5, 5.41) is 23.9. The summed E-state index contributed by atoms with van der Waals surface area (Å²) in [5.74, 6) is 1.09. The van der Waals surface area contributed by atoms with Crippen LogP contribution in [-0.2, 0) is 5.54 Å². The summed E-state index contributed by atoms with van der Waals surface area (Å²) in [7, 11) is 0. The Morgan fingerprint density at radius 3 is 2.44 bits per heavy atom. The first-order chi connectivity index (χ1) is 12.2. The molecule has 0 saturated carbocycles. The van der Waals surface area contributed by atoms with Crippen molar-refractivity contribution in [1.29, 1.82) is 0 Å². The van der Waals surface area contributed by atoms with Gasteiger partial charge < -0.3 is 15.1 Å². The minimum Gasteiger partial charge on any atom is -0.508 e. The second-order valence-electron chi connectivity index (χ2n) is 7.33. The van der Waals surface area contributed by atoms with Crippen molar-refractivity contribution in [3.63, 3.8) is 0 Å². The third kappa shape index (κ3) is 2.65. The quantitative estimate of drug-likeness (QED) is 0.802. The van der Waals surface area contributed by atoms with E-state index in [4.69, 9.17) is 0 Å². The molecule has 2 aromatic carbocycles. The molecular weight excluding hydrogens is 312 g/mol. The average Bonchev–Trinajstić information content (AvgIpc) is 3.21. The van der Waals surface area contributed by atoms with E-state index in [1.165, 1.54) is 5.56 Å². The molecule has 0 aliphatic carbocycles. The summed E-state index contributed by atoms with van der Waals surface area (Å²) in [6, 6.07) is 18.0. The number of hydrogen-bond donors (Lipinski definition) is 3. The number of phenols is 1. The van der Waals surface area contributed by atoms with Crippen LogP contribution in [0.1, 0.15) is 24.1 Å². The second-order valence-corrected chi connectivity index (χ2v) is 7.33. The van der Waals surface area contributed by atoms with Gasteiger partial charge in [-0.3, -0.25) is 5.32 Å². The van der Waals surface area contributed by atoms with Gasteiger partial charge in [0.05, 0.1) is 12.1 Å². The van der Waals surface area contributed by atoms with E-state index in [0.717, 1.165) is 25.2 Å². The lowest BCUT2D eigenvalue weighted by molar-refractivity contribution is 0.127. The van der Waals surface area contributed by atoms with Gasteiger partial charge in [-0.05, 0) is 35.7 Å². The Labute approximate surface area is 149 Å². The molecule has 0 bridgehead atoms. The molecule has 2 fully saturated rings. The molecule has 4 rings (SSSR count). The standard InChI is InChI=1S/C21H26N2O2/c1-2-23-12-18-19(13-23)21(14-24,16-6-4-3-5-7-16)22-20(18)15-8-10-17(25)11-9-15/h3-11,18-20,22,24-25H,2,12-14H2,1H3/t18-,19+,20-,21-/m0/s1. The number of benzene rings is 2. The molecule has 0 amide bonds. The first kappa shape index (κ1) is 16.6. The molecule has 0 spiro atoms. The Hall–Kier alpha value is -1.88. The van der Waals surface area contributed by atoms with Gasteiger partial charge in [0.2, 0.25) is 0 Å². The van der Waals surface area contributed by atoms with Crippen molar-refractivity contribution >= 4 is 0 Å². The molecule has 0 unspecified atom stereocenters.